The molecule has 0 aliphatic carbocycles. The monoisotopic (exact) mass is 238 g/mol. The molecule has 0 radical (unpaired) electrons. The number of aliphatic hydroxyl groups excluding tert-OH is 1. The zero-order chi connectivity index (χ0) is 12.5. The number of carbonyl (C=O) groups excluding carboxylic acids is 1. The van der Waals surface area contributed by atoms with Gasteiger partial charge in [0.15, 0.2) is 5.78 Å². The molecule has 0 bridgehead atoms. The second kappa shape index (κ2) is 7.95. The van der Waals surface area contributed by atoms with Crippen molar-refractivity contribution in [2.45, 2.75) is 13.5 Å². The molecule has 0 heterocycles. The highest BCUT2D eigenvalue weighted by atomic mass is 16.5. The van der Waals surface area contributed by atoms with Gasteiger partial charge >= 0.3 is 0 Å². The van der Waals surface area contributed by atoms with Crippen molar-refractivity contribution in [1.29, 1.82) is 0 Å². The standard InChI is InChI=1S/C13H18O4/c1-11(15)13-4-2-3-12(9-13)10-17-8-7-16-6-5-14/h2-4,9,14H,5-8,10H2,1H3. The Hall–Kier alpha value is -1.23. The highest BCUT2D eigenvalue weighted by Gasteiger charge is 2.00. The van der Waals surface area contributed by atoms with E-state index in [9.17, 15) is 4.79 Å². The lowest BCUT2D eigenvalue weighted by molar-refractivity contribution is 0.0274. The van der Waals surface area contributed by atoms with E-state index >= 15 is 0 Å². The van der Waals surface area contributed by atoms with Gasteiger partial charge in [-0.1, -0.05) is 18.2 Å². The lowest BCUT2D eigenvalue weighted by Crippen LogP contribution is -2.07. The normalized spacial score (nSPS) is 10.5. The van der Waals surface area contributed by atoms with Crippen molar-refractivity contribution in [2.24, 2.45) is 0 Å². The zero-order valence-corrected chi connectivity index (χ0v) is 10.0. The fourth-order valence-electron chi connectivity index (χ4n) is 1.35. The number of carbonyl (C=O) groups is 1. The van der Waals surface area contributed by atoms with Gasteiger partial charge in [0.2, 0.25) is 0 Å². The van der Waals surface area contributed by atoms with Crippen molar-refractivity contribution in [2.75, 3.05) is 26.4 Å². The maximum atomic E-state index is 11.2. The Kier molecular flexibility index (Phi) is 6.47. The minimum absolute atomic E-state index is 0.0284. The summed E-state index contributed by atoms with van der Waals surface area (Å²) in [6.45, 7) is 3.31. The molecule has 0 saturated carbocycles. The van der Waals surface area contributed by atoms with E-state index in [1.807, 2.05) is 18.2 Å². The number of rotatable bonds is 8. The third-order valence-corrected chi connectivity index (χ3v) is 2.21. The van der Waals surface area contributed by atoms with Crippen molar-refractivity contribution in [1.82, 2.24) is 0 Å². The molecular formula is C13H18O4. The average molecular weight is 238 g/mol. The molecule has 0 saturated heterocycles. The molecule has 0 aliphatic heterocycles. The molecule has 0 unspecified atom stereocenters. The number of hydrogen-bond donors (Lipinski definition) is 1. The highest BCUT2D eigenvalue weighted by Crippen LogP contribution is 2.07. The quantitative estimate of drug-likeness (QED) is 0.549. The largest absolute Gasteiger partial charge is 0.394 e. The van der Waals surface area contributed by atoms with Crippen LogP contribution in [0.4, 0.5) is 0 Å². The van der Waals surface area contributed by atoms with Crippen LogP contribution in [-0.4, -0.2) is 37.3 Å². The zero-order valence-electron chi connectivity index (χ0n) is 10.0. The van der Waals surface area contributed by atoms with E-state index in [1.165, 1.54) is 0 Å². The summed E-state index contributed by atoms with van der Waals surface area (Å²) in [4.78, 5) is 11.2. The molecule has 94 valence electrons. The predicted molar refractivity (Wildman–Crippen MR) is 64.0 cm³/mol. The highest BCUT2D eigenvalue weighted by molar-refractivity contribution is 5.94. The summed E-state index contributed by atoms with van der Waals surface area (Å²) in [5, 5.41) is 8.49. The number of ketones is 1. The Morgan fingerprint density at radius 3 is 2.71 bits per heavy atom. The Bertz CT molecular complexity index is 349. The van der Waals surface area contributed by atoms with E-state index in [-0.39, 0.29) is 12.4 Å². The van der Waals surface area contributed by atoms with Crippen LogP contribution in [0.25, 0.3) is 0 Å². The van der Waals surface area contributed by atoms with Crippen LogP contribution >= 0.6 is 0 Å². The number of hydrogen-bond acceptors (Lipinski definition) is 4. The topological polar surface area (TPSA) is 55.8 Å². The molecule has 0 aliphatic rings. The predicted octanol–water partition coefficient (Wildman–Crippen LogP) is 1.41. The smallest absolute Gasteiger partial charge is 0.159 e. The van der Waals surface area contributed by atoms with E-state index in [0.29, 0.717) is 32.0 Å². The average Bonchev–Trinajstić information content (AvgIpc) is 2.34. The summed E-state index contributed by atoms with van der Waals surface area (Å²) >= 11 is 0. The summed E-state index contributed by atoms with van der Waals surface area (Å²) in [6, 6.07) is 7.38. The van der Waals surface area contributed by atoms with Crippen LogP contribution in [0.1, 0.15) is 22.8 Å². The molecule has 0 atom stereocenters. The summed E-state index contributed by atoms with van der Waals surface area (Å²) in [5.41, 5.74) is 1.67. The molecule has 1 N–H and O–H groups in total. The molecule has 0 fully saturated rings. The van der Waals surface area contributed by atoms with Crippen LogP contribution in [0.15, 0.2) is 24.3 Å². The van der Waals surface area contributed by atoms with Crippen LogP contribution < -0.4 is 0 Å². The third-order valence-electron chi connectivity index (χ3n) is 2.21. The lowest BCUT2D eigenvalue weighted by atomic mass is 10.1. The van der Waals surface area contributed by atoms with E-state index in [1.54, 1.807) is 13.0 Å². The summed E-state index contributed by atoms with van der Waals surface area (Å²) in [6.07, 6.45) is 0. The van der Waals surface area contributed by atoms with Crippen LogP contribution in [0, 0.1) is 0 Å². The Morgan fingerprint density at radius 2 is 2.00 bits per heavy atom. The fourth-order valence-corrected chi connectivity index (χ4v) is 1.35. The second-order valence-corrected chi connectivity index (χ2v) is 3.65. The van der Waals surface area contributed by atoms with Crippen LogP contribution in [0.3, 0.4) is 0 Å². The molecular weight excluding hydrogens is 220 g/mol. The van der Waals surface area contributed by atoms with Gasteiger partial charge in [-0.15, -0.1) is 0 Å². The minimum atomic E-state index is 0.0284. The van der Waals surface area contributed by atoms with Crippen molar-refractivity contribution in [3.05, 3.63) is 35.4 Å². The molecule has 0 amide bonds. The van der Waals surface area contributed by atoms with E-state index in [0.717, 1.165) is 5.56 Å². The maximum Gasteiger partial charge on any atom is 0.159 e. The van der Waals surface area contributed by atoms with Gasteiger partial charge in [0.25, 0.3) is 0 Å². The van der Waals surface area contributed by atoms with Gasteiger partial charge in [0, 0.05) is 5.56 Å². The van der Waals surface area contributed by atoms with Gasteiger partial charge in [-0.25, -0.2) is 0 Å². The van der Waals surface area contributed by atoms with E-state index in [2.05, 4.69) is 0 Å². The molecule has 1 aromatic carbocycles. The lowest BCUT2D eigenvalue weighted by Gasteiger charge is -2.06. The Balaban J connectivity index is 2.27. The Morgan fingerprint density at radius 1 is 1.24 bits per heavy atom. The molecule has 1 aromatic rings. The third kappa shape index (κ3) is 5.58. The summed E-state index contributed by atoms with van der Waals surface area (Å²) < 4.78 is 10.4. The maximum absolute atomic E-state index is 11.2. The van der Waals surface area contributed by atoms with Gasteiger partial charge in [-0.2, -0.15) is 0 Å². The number of benzene rings is 1. The Labute approximate surface area is 101 Å². The van der Waals surface area contributed by atoms with Gasteiger partial charge in [-0.05, 0) is 18.6 Å². The van der Waals surface area contributed by atoms with Gasteiger partial charge in [-0.3, -0.25) is 4.79 Å². The first-order valence-electron chi connectivity index (χ1n) is 5.60. The van der Waals surface area contributed by atoms with Crippen molar-refractivity contribution >= 4 is 5.78 Å². The number of ether oxygens (including phenoxy) is 2. The number of aliphatic hydroxyl groups is 1. The van der Waals surface area contributed by atoms with Crippen molar-refractivity contribution in [3.63, 3.8) is 0 Å². The molecule has 4 heteroatoms. The summed E-state index contributed by atoms with van der Waals surface area (Å²) in [7, 11) is 0. The fraction of sp³-hybridized carbons (Fsp3) is 0.462. The van der Waals surface area contributed by atoms with Gasteiger partial charge in [0.1, 0.15) is 0 Å². The van der Waals surface area contributed by atoms with Crippen molar-refractivity contribution in [3.8, 4) is 0 Å². The summed E-state index contributed by atoms with van der Waals surface area (Å²) in [5.74, 6) is 0.0538. The first kappa shape index (κ1) is 13.8. The second-order valence-electron chi connectivity index (χ2n) is 3.65. The van der Waals surface area contributed by atoms with Gasteiger partial charge < -0.3 is 14.6 Å². The first-order valence-corrected chi connectivity index (χ1v) is 5.60. The molecule has 1 rings (SSSR count). The molecule has 17 heavy (non-hydrogen) atoms. The SMILES string of the molecule is CC(=O)c1cccc(COCCOCCO)c1. The molecule has 4 nitrogen and oxygen atoms in total. The van der Waals surface area contributed by atoms with Crippen LogP contribution in [0.2, 0.25) is 0 Å². The van der Waals surface area contributed by atoms with E-state index < -0.39 is 0 Å². The van der Waals surface area contributed by atoms with Gasteiger partial charge in [0.05, 0.1) is 33.0 Å². The van der Waals surface area contributed by atoms with Crippen LogP contribution in [-0.2, 0) is 16.1 Å². The molecule has 0 spiro atoms. The first-order chi connectivity index (χ1) is 8.24. The van der Waals surface area contributed by atoms with E-state index in [4.69, 9.17) is 14.6 Å². The molecule has 0 aromatic heterocycles. The number of Topliss-reactive ketones (excluding diaryl/α,β-unsaturated/α-hetero) is 1. The van der Waals surface area contributed by atoms with Crippen LogP contribution in [0.5, 0.6) is 0 Å². The van der Waals surface area contributed by atoms with Crippen molar-refractivity contribution < 1.29 is 19.4 Å². The minimum Gasteiger partial charge on any atom is -0.394 e.